The second-order valence-corrected chi connectivity index (χ2v) is 10.2. The summed E-state index contributed by atoms with van der Waals surface area (Å²) >= 11 is 0. The maximum absolute atomic E-state index is 14.5. The number of fused-ring (bicyclic) bond motifs is 1. The molecule has 2 amide bonds. The van der Waals surface area contributed by atoms with Crippen LogP contribution in [0.4, 0.5) is 29.5 Å². The summed E-state index contributed by atoms with van der Waals surface area (Å²) in [5.41, 5.74) is 0.957. The molecule has 41 heavy (non-hydrogen) atoms. The van der Waals surface area contributed by atoms with E-state index in [0.717, 1.165) is 37.5 Å². The van der Waals surface area contributed by atoms with Gasteiger partial charge in [-0.3, -0.25) is 4.79 Å². The minimum absolute atomic E-state index is 0.00357. The van der Waals surface area contributed by atoms with Gasteiger partial charge in [-0.2, -0.15) is 5.10 Å². The molecular weight excluding hydrogens is 537 g/mol. The van der Waals surface area contributed by atoms with Gasteiger partial charge < -0.3 is 19.9 Å². The summed E-state index contributed by atoms with van der Waals surface area (Å²) in [5, 5.41) is 7.02. The predicted octanol–water partition coefficient (Wildman–Crippen LogP) is 5.53. The van der Waals surface area contributed by atoms with Crippen molar-refractivity contribution in [2.24, 2.45) is 0 Å². The summed E-state index contributed by atoms with van der Waals surface area (Å²) in [6, 6.07) is 11.9. The van der Waals surface area contributed by atoms with E-state index >= 15 is 0 Å². The molecule has 0 bridgehead atoms. The molecule has 2 fully saturated rings. The van der Waals surface area contributed by atoms with Crippen LogP contribution in [0, 0.1) is 11.6 Å². The Bertz CT molecular complexity index is 1590. The Labute approximate surface area is 233 Å². The monoisotopic (exact) mass is 564 g/mol. The molecule has 2 atom stereocenters. The van der Waals surface area contributed by atoms with Crippen LogP contribution in [0.15, 0.2) is 60.8 Å². The number of benzene rings is 2. The molecule has 0 radical (unpaired) electrons. The first-order chi connectivity index (χ1) is 19.8. The van der Waals surface area contributed by atoms with Crippen LogP contribution in [0.5, 0.6) is 5.75 Å². The van der Waals surface area contributed by atoms with E-state index < -0.39 is 29.8 Å². The number of carbonyl (C=O) groups is 2. The Morgan fingerprint density at radius 3 is 2.54 bits per heavy atom. The van der Waals surface area contributed by atoms with Crippen LogP contribution in [0.25, 0.3) is 5.65 Å². The normalized spacial score (nSPS) is 19.0. The molecule has 0 spiro atoms. The van der Waals surface area contributed by atoms with Crippen LogP contribution in [0.1, 0.15) is 47.8 Å². The van der Waals surface area contributed by atoms with Crippen LogP contribution in [-0.4, -0.2) is 57.3 Å². The first-order valence-electron chi connectivity index (χ1n) is 13.4. The molecule has 9 nitrogen and oxygen atoms in total. The number of hydrogen-bond acceptors (Lipinski definition) is 6. The summed E-state index contributed by atoms with van der Waals surface area (Å²) in [7, 11) is 0. The van der Waals surface area contributed by atoms with Gasteiger partial charge in [-0.15, -0.1) is 0 Å². The van der Waals surface area contributed by atoms with Gasteiger partial charge in [-0.1, -0.05) is 0 Å². The van der Waals surface area contributed by atoms with Gasteiger partial charge in [0.15, 0.2) is 11.3 Å². The summed E-state index contributed by atoms with van der Waals surface area (Å²) in [5.74, 6) is -0.982. The zero-order valence-electron chi connectivity index (χ0n) is 22.0. The standard InChI is InChI=1S/C29H27F3N6O3/c30-18-4-9-23(32)22(14-18)25-15-19(31)17-37(25)26-10-13-38-27(34-26)16-24(35-38)28(39)33-20-5-7-21(8-6-20)41-29(40)36-11-2-1-3-12-36/h4-10,13-14,16,19,25H,1-3,11-12,15,17H2,(H,33,39)/t19-,25+/m0/s1. The summed E-state index contributed by atoms with van der Waals surface area (Å²) < 4.78 is 49.6. The number of rotatable bonds is 5. The van der Waals surface area contributed by atoms with Gasteiger partial charge in [0.25, 0.3) is 5.91 Å². The molecule has 0 saturated carbocycles. The molecule has 1 N–H and O–H groups in total. The molecule has 4 heterocycles. The molecule has 212 valence electrons. The second-order valence-electron chi connectivity index (χ2n) is 10.2. The van der Waals surface area contributed by atoms with E-state index in [1.54, 1.807) is 46.3 Å². The highest BCUT2D eigenvalue weighted by Crippen LogP contribution is 2.38. The Morgan fingerprint density at radius 2 is 1.76 bits per heavy atom. The first-order valence-corrected chi connectivity index (χ1v) is 13.4. The molecule has 2 aromatic carbocycles. The number of halogens is 3. The molecule has 2 aromatic heterocycles. The third-order valence-electron chi connectivity index (χ3n) is 7.34. The molecular formula is C29H27F3N6O3. The number of nitrogens with zero attached hydrogens (tertiary/aromatic N) is 5. The van der Waals surface area contributed by atoms with E-state index in [9.17, 15) is 22.8 Å². The maximum Gasteiger partial charge on any atom is 0.415 e. The quantitative estimate of drug-likeness (QED) is 0.343. The topological polar surface area (TPSA) is 92.1 Å². The van der Waals surface area contributed by atoms with Gasteiger partial charge in [0.05, 0.1) is 12.6 Å². The van der Waals surface area contributed by atoms with Gasteiger partial charge in [-0.25, -0.2) is 27.5 Å². The lowest BCUT2D eigenvalue weighted by Gasteiger charge is -2.26. The Balaban J connectivity index is 1.15. The molecule has 0 aliphatic carbocycles. The third-order valence-corrected chi connectivity index (χ3v) is 7.34. The first kappa shape index (κ1) is 26.6. The summed E-state index contributed by atoms with van der Waals surface area (Å²) in [6.07, 6.45) is 2.98. The number of hydrogen-bond donors (Lipinski definition) is 1. The predicted molar refractivity (Wildman–Crippen MR) is 145 cm³/mol. The van der Waals surface area contributed by atoms with Gasteiger partial charge >= 0.3 is 6.09 Å². The third kappa shape index (κ3) is 5.67. The number of aromatic nitrogens is 3. The smallest absolute Gasteiger partial charge is 0.410 e. The van der Waals surface area contributed by atoms with E-state index in [1.807, 2.05) is 0 Å². The van der Waals surface area contributed by atoms with E-state index in [1.165, 1.54) is 10.6 Å². The molecule has 2 aliphatic rings. The minimum atomic E-state index is -1.24. The number of ether oxygens (including phenoxy) is 1. The number of amides is 2. The zero-order valence-corrected chi connectivity index (χ0v) is 22.0. The molecule has 2 saturated heterocycles. The number of anilines is 2. The van der Waals surface area contributed by atoms with Crippen LogP contribution in [0.3, 0.4) is 0 Å². The van der Waals surface area contributed by atoms with Crippen LogP contribution >= 0.6 is 0 Å². The Hall–Kier alpha value is -4.61. The lowest BCUT2D eigenvalue weighted by molar-refractivity contribution is 0.102. The fourth-order valence-electron chi connectivity index (χ4n) is 5.29. The lowest BCUT2D eigenvalue weighted by atomic mass is 10.0. The molecule has 4 aromatic rings. The number of alkyl halides is 1. The summed E-state index contributed by atoms with van der Waals surface area (Å²) in [4.78, 5) is 33.0. The van der Waals surface area contributed by atoms with E-state index in [2.05, 4.69) is 15.4 Å². The van der Waals surface area contributed by atoms with E-state index in [0.29, 0.717) is 36.0 Å². The molecule has 0 unspecified atom stereocenters. The Morgan fingerprint density at radius 1 is 0.976 bits per heavy atom. The molecule has 6 rings (SSSR count). The average Bonchev–Trinajstić information content (AvgIpc) is 3.59. The van der Waals surface area contributed by atoms with Crippen LogP contribution < -0.4 is 15.0 Å². The van der Waals surface area contributed by atoms with Crippen LogP contribution in [-0.2, 0) is 0 Å². The number of likely N-dealkylation sites (tertiary alicyclic amines) is 1. The highest BCUT2D eigenvalue weighted by Gasteiger charge is 2.36. The van der Waals surface area contributed by atoms with Gasteiger partial charge in [0, 0.05) is 43.0 Å². The average molecular weight is 565 g/mol. The number of carbonyl (C=O) groups excluding carboxylic acids is 2. The Kier molecular flexibility index (Phi) is 7.21. The fraction of sp³-hybridized carbons (Fsp3) is 0.310. The van der Waals surface area contributed by atoms with E-state index in [-0.39, 0.29) is 30.3 Å². The van der Waals surface area contributed by atoms with Crippen molar-refractivity contribution in [1.82, 2.24) is 19.5 Å². The molecule has 12 heteroatoms. The van der Waals surface area contributed by atoms with Crippen molar-refractivity contribution < 1.29 is 27.5 Å². The van der Waals surface area contributed by atoms with Crippen molar-refractivity contribution in [2.75, 3.05) is 29.9 Å². The second kappa shape index (κ2) is 11.1. The maximum atomic E-state index is 14.5. The fourth-order valence-corrected chi connectivity index (χ4v) is 5.29. The summed E-state index contributed by atoms with van der Waals surface area (Å²) in [6.45, 7) is 1.33. The van der Waals surface area contributed by atoms with Crippen molar-refractivity contribution in [3.05, 3.63) is 83.7 Å². The lowest BCUT2D eigenvalue weighted by Crippen LogP contribution is -2.37. The van der Waals surface area contributed by atoms with Crippen molar-refractivity contribution in [1.29, 1.82) is 0 Å². The van der Waals surface area contributed by atoms with Crippen molar-refractivity contribution in [2.45, 2.75) is 37.9 Å². The van der Waals surface area contributed by atoms with E-state index in [4.69, 9.17) is 4.74 Å². The number of nitrogens with one attached hydrogen (secondary N) is 1. The van der Waals surface area contributed by atoms with Gasteiger partial charge in [0.1, 0.15) is 29.4 Å². The van der Waals surface area contributed by atoms with Crippen molar-refractivity contribution in [3.8, 4) is 5.75 Å². The van der Waals surface area contributed by atoms with Crippen molar-refractivity contribution >= 4 is 29.2 Å². The van der Waals surface area contributed by atoms with Crippen molar-refractivity contribution in [3.63, 3.8) is 0 Å². The van der Waals surface area contributed by atoms with Crippen LogP contribution in [0.2, 0.25) is 0 Å². The SMILES string of the molecule is O=C(Nc1ccc(OC(=O)N2CCCCC2)cc1)c1cc2nc(N3C[C@@H](F)C[C@@H]3c3cc(F)ccc3F)ccn2n1. The number of piperidine rings is 1. The van der Waals surface area contributed by atoms with Gasteiger partial charge in [0.2, 0.25) is 0 Å². The zero-order chi connectivity index (χ0) is 28.5. The van der Waals surface area contributed by atoms with Gasteiger partial charge in [-0.05, 0) is 67.8 Å². The highest BCUT2D eigenvalue weighted by molar-refractivity contribution is 6.03. The molecule has 2 aliphatic heterocycles. The highest BCUT2D eigenvalue weighted by atomic mass is 19.1. The minimum Gasteiger partial charge on any atom is -0.410 e. The largest absolute Gasteiger partial charge is 0.415 e.